The molecule has 0 aromatic heterocycles. The molecular formula is C32H42O7. The Hall–Kier alpha value is -2.51. The van der Waals surface area contributed by atoms with Crippen LogP contribution in [0, 0.1) is 34.5 Å². The molecule has 7 nitrogen and oxygen atoms in total. The highest BCUT2D eigenvalue weighted by Gasteiger charge is 2.75. The third kappa shape index (κ3) is 4.46. The van der Waals surface area contributed by atoms with Crippen molar-refractivity contribution in [1.29, 1.82) is 0 Å². The van der Waals surface area contributed by atoms with Crippen LogP contribution >= 0.6 is 0 Å². The van der Waals surface area contributed by atoms with E-state index in [4.69, 9.17) is 9.47 Å². The van der Waals surface area contributed by atoms with E-state index in [1.54, 1.807) is 6.08 Å². The van der Waals surface area contributed by atoms with Crippen LogP contribution in [0.5, 0.6) is 0 Å². The molecule has 0 radical (unpaired) electrons. The number of hydrogen-bond acceptors (Lipinski definition) is 7. The molecule has 10 atom stereocenters. The third-order valence-electron chi connectivity index (χ3n) is 11.1. The third-order valence-corrected chi connectivity index (χ3v) is 11.1. The van der Waals surface area contributed by atoms with Gasteiger partial charge >= 0.3 is 11.9 Å². The van der Waals surface area contributed by atoms with Gasteiger partial charge in [-0.3, -0.25) is 9.59 Å². The first-order valence-corrected chi connectivity index (χ1v) is 14.4. The van der Waals surface area contributed by atoms with E-state index in [2.05, 4.69) is 6.92 Å². The Morgan fingerprint density at radius 1 is 0.974 bits per heavy atom. The van der Waals surface area contributed by atoms with Crippen molar-refractivity contribution in [2.24, 2.45) is 34.5 Å². The number of aliphatic hydroxyl groups excluding tert-OH is 1. The molecule has 0 spiro atoms. The number of benzene rings is 1. The maximum Gasteiger partial charge on any atom is 0.331 e. The van der Waals surface area contributed by atoms with Crippen LogP contribution in [0.25, 0.3) is 6.08 Å². The SMILES string of the molecule is CC(=O)OC1C(OC(=O)/C=C/c2ccccc2)[C@H]2[C@@H](CCC3CC(O)CC[C@@]32C)[C@]2(O)CC[C@H](C(C)=O)[C@@]12C. The highest BCUT2D eigenvalue weighted by atomic mass is 16.6. The monoisotopic (exact) mass is 538 g/mol. The van der Waals surface area contributed by atoms with E-state index in [9.17, 15) is 24.6 Å². The van der Waals surface area contributed by atoms with Gasteiger partial charge in [-0.15, -0.1) is 0 Å². The predicted molar refractivity (Wildman–Crippen MR) is 145 cm³/mol. The number of aliphatic hydroxyl groups is 2. The summed E-state index contributed by atoms with van der Waals surface area (Å²) < 4.78 is 12.3. The molecule has 0 amide bonds. The molecule has 4 unspecified atom stereocenters. The van der Waals surface area contributed by atoms with Gasteiger partial charge in [0.05, 0.1) is 11.7 Å². The second kappa shape index (κ2) is 10.2. The zero-order chi connectivity index (χ0) is 28.2. The molecule has 7 heteroatoms. The van der Waals surface area contributed by atoms with Crippen molar-refractivity contribution < 1.29 is 34.1 Å². The quantitative estimate of drug-likeness (QED) is 0.420. The van der Waals surface area contributed by atoms with E-state index in [1.165, 1.54) is 19.9 Å². The zero-order valence-corrected chi connectivity index (χ0v) is 23.5. The fourth-order valence-corrected chi connectivity index (χ4v) is 9.27. The first kappa shape index (κ1) is 28.0. The van der Waals surface area contributed by atoms with Gasteiger partial charge in [-0.2, -0.15) is 0 Å². The Balaban J connectivity index is 1.61. The minimum Gasteiger partial charge on any atom is -0.458 e. The average Bonchev–Trinajstić information content (AvgIpc) is 3.17. The highest BCUT2D eigenvalue weighted by Crippen LogP contribution is 2.70. The first-order valence-electron chi connectivity index (χ1n) is 14.4. The summed E-state index contributed by atoms with van der Waals surface area (Å²) in [6.07, 6.45) is 5.41. The summed E-state index contributed by atoms with van der Waals surface area (Å²) in [5, 5.41) is 23.1. The molecule has 1 aromatic carbocycles. The smallest absolute Gasteiger partial charge is 0.331 e. The number of rotatable bonds is 5. The number of ether oxygens (including phenoxy) is 2. The lowest BCUT2D eigenvalue weighted by Gasteiger charge is -2.66. The van der Waals surface area contributed by atoms with Gasteiger partial charge in [-0.1, -0.05) is 44.2 Å². The van der Waals surface area contributed by atoms with E-state index < -0.39 is 41.1 Å². The lowest BCUT2D eigenvalue weighted by molar-refractivity contribution is -0.290. The summed E-state index contributed by atoms with van der Waals surface area (Å²) in [6.45, 7) is 6.90. The number of carbonyl (C=O) groups excluding carboxylic acids is 3. The van der Waals surface area contributed by atoms with E-state index in [0.29, 0.717) is 32.1 Å². The van der Waals surface area contributed by atoms with Crippen LogP contribution in [0.15, 0.2) is 36.4 Å². The van der Waals surface area contributed by atoms with Gasteiger partial charge in [-0.25, -0.2) is 4.79 Å². The zero-order valence-electron chi connectivity index (χ0n) is 23.5. The number of fused-ring (bicyclic) bond motifs is 5. The molecule has 4 aliphatic rings. The lowest BCUT2D eigenvalue weighted by atomic mass is 9.41. The first-order chi connectivity index (χ1) is 18.4. The van der Waals surface area contributed by atoms with Crippen LogP contribution in [0.2, 0.25) is 0 Å². The van der Waals surface area contributed by atoms with Crippen LogP contribution < -0.4 is 0 Å². The number of hydrogen-bond donors (Lipinski definition) is 2. The normalized spacial score (nSPS) is 43.2. The largest absolute Gasteiger partial charge is 0.458 e. The van der Waals surface area contributed by atoms with Gasteiger partial charge in [0.15, 0.2) is 0 Å². The fraction of sp³-hybridized carbons (Fsp3) is 0.656. The summed E-state index contributed by atoms with van der Waals surface area (Å²) in [5.74, 6) is -1.98. The minimum absolute atomic E-state index is 0.0567. The predicted octanol–water partition coefficient (Wildman–Crippen LogP) is 4.49. The topological polar surface area (TPSA) is 110 Å². The van der Waals surface area contributed by atoms with Crippen LogP contribution in [-0.4, -0.2) is 51.8 Å². The molecule has 0 bridgehead atoms. The average molecular weight is 539 g/mol. The van der Waals surface area contributed by atoms with Crippen LogP contribution in [0.4, 0.5) is 0 Å². The van der Waals surface area contributed by atoms with Crippen molar-refractivity contribution in [3.8, 4) is 0 Å². The van der Waals surface area contributed by atoms with Crippen LogP contribution in [0.3, 0.4) is 0 Å². The Morgan fingerprint density at radius 3 is 2.36 bits per heavy atom. The van der Waals surface area contributed by atoms with Gasteiger partial charge < -0.3 is 19.7 Å². The molecule has 0 aliphatic heterocycles. The van der Waals surface area contributed by atoms with Gasteiger partial charge in [-0.05, 0) is 80.8 Å². The Kier molecular flexibility index (Phi) is 7.30. The maximum atomic E-state index is 13.4. The van der Waals surface area contributed by atoms with Gasteiger partial charge in [0.1, 0.15) is 18.0 Å². The highest BCUT2D eigenvalue weighted by molar-refractivity contribution is 5.87. The maximum absolute atomic E-state index is 13.4. The minimum atomic E-state index is -1.25. The number of Topliss-reactive ketones (excluding diaryl/α,β-unsaturated/α-hetero) is 1. The second-order valence-electron chi connectivity index (χ2n) is 12.9. The standard InChI is InChI=1S/C32H42O7/c1-19(33)24-15-17-32(37)25-12-11-22-18-23(35)14-16-30(22,3)27(25)28(29(31(24,32)4)38-20(2)34)39-26(36)13-10-21-8-6-5-7-9-21/h5-10,13,22-25,27-29,35,37H,11-12,14-18H2,1-4H3/b13-10+/t22?,23?,24-,25-,27-,28?,29?,30+,31+,32-/m1/s1. The molecule has 1 aromatic rings. The molecular weight excluding hydrogens is 496 g/mol. The van der Waals surface area contributed by atoms with Crippen molar-refractivity contribution in [3.63, 3.8) is 0 Å². The van der Waals surface area contributed by atoms with Crippen molar-refractivity contribution in [1.82, 2.24) is 0 Å². The fourth-order valence-electron chi connectivity index (χ4n) is 9.27. The van der Waals surface area contributed by atoms with Gasteiger partial charge in [0.25, 0.3) is 0 Å². The number of ketones is 1. The van der Waals surface area contributed by atoms with Crippen molar-refractivity contribution in [2.45, 2.75) is 96.6 Å². The molecule has 2 N–H and O–H groups in total. The molecule has 39 heavy (non-hydrogen) atoms. The Morgan fingerprint density at radius 2 is 1.69 bits per heavy atom. The van der Waals surface area contributed by atoms with Gasteiger partial charge in [0, 0.05) is 30.3 Å². The van der Waals surface area contributed by atoms with Gasteiger partial charge in [0.2, 0.25) is 0 Å². The lowest BCUT2D eigenvalue weighted by Crippen LogP contribution is -2.73. The molecule has 4 fully saturated rings. The molecule has 212 valence electrons. The molecule has 5 rings (SSSR count). The van der Waals surface area contributed by atoms with Crippen molar-refractivity contribution in [3.05, 3.63) is 42.0 Å². The summed E-state index contributed by atoms with van der Waals surface area (Å²) in [7, 11) is 0. The molecule has 0 heterocycles. The Labute approximate surface area is 231 Å². The summed E-state index contributed by atoms with van der Waals surface area (Å²) >= 11 is 0. The Bertz CT molecular complexity index is 1150. The molecule has 4 aliphatic carbocycles. The van der Waals surface area contributed by atoms with Crippen molar-refractivity contribution >= 4 is 23.8 Å². The summed E-state index contributed by atoms with van der Waals surface area (Å²) in [4.78, 5) is 38.9. The number of esters is 2. The van der Waals surface area contributed by atoms with E-state index in [0.717, 1.165) is 18.4 Å². The van der Waals surface area contributed by atoms with E-state index in [-0.39, 0.29) is 35.1 Å². The number of carbonyl (C=O) groups is 3. The van der Waals surface area contributed by atoms with Crippen LogP contribution in [0.1, 0.15) is 78.2 Å². The van der Waals surface area contributed by atoms with E-state index >= 15 is 0 Å². The van der Waals surface area contributed by atoms with E-state index in [1.807, 2.05) is 37.3 Å². The summed E-state index contributed by atoms with van der Waals surface area (Å²) in [5.41, 5.74) is -1.83. The van der Waals surface area contributed by atoms with Crippen molar-refractivity contribution in [2.75, 3.05) is 0 Å². The molecule has 4 saturated carbocycles. The summed E-state index contributed by atoms with van der Waals surface area (Å²) in [6, 6.07) is 9.45. The second-order valence-corrected chi connectivity index (χ2v) is 12.9. The molecule has 0 saturated heterocycles. The van der Waals surface area contributed by atoms with Crippen LogP contribution in [-0.2, 0) is 23.9 Å².